The largest absolute Gasteiger partial charge is 0.462 e. The van der Waals surface area contributed by atoms with Crippen molar-refractivity contribution in [2.24, 2.45) is 28.1 Å². The fraction of sp³-hybridized carbons (Fsp3) is 0.750. The minimum absolute atomic E-state index is 0.00676. The zero-order valence-corrected chi connectivity index (χ0v) is 15.9. The molecule has 3 aliphatic carbocycles. The molecule has 3 rings (SSSR count). The molecule has 0 bridgehead atoms. The number of hydrogen-bond donors (Lipinski definition) is 0. The number of allylic oxidation sites excluding steroid dienone is 2. The van der Waals surface area contributed by atoms with Gasteiger partial charge in [-0.05, 0) is 25.3 Å². The van der Waals surface area contributed by atoms with Crippen LogP contribution in [-0.4, -0.2) is 29.9 Å². The predicted molar refractivity (Wildman–Crippen MR) is 91.5 cm³/mol. The molecule has 138 valence electrons. The Bertz CT molecular complexity index is 663. The Morgan fingerprint density at radius 1 is 1.24 bits per heavy atom. The van der Waals surface area contributed by atoms with Gasteiger partial charge in [-0.2, -0.15) is 0 Å². The van der Waals surface area contributed by atoms with Gasteiger partial charge in [0.1, 0.15) is 12.2 Å². The topological polar surface area (TPSA) is 69.7 Å². The first-order valence-electron chi connectivity index (χ1n) is 9.13. The Labute approximate surface area is 149 Å². The van der Waals surface area contributed by atoms with E-state index in [1.54, 1.807) is 13.0 Å². The Morgan fingerprint density at radius 2 is 1.88 bits per heavy atom. The van der Waals surface area contributed by atoms with Crippen LogP contribution in [0.3, 0.4) is 0 Å². The van der Waals surface area contributed by atoms with Gasteiger partial charge in [0.05, 0.1) is 5.41 Å². The molecule has 0 saturated heterocycles. The molecule has 0 heterocycles. The summed E-state index contributed by atoms with van der Waals surface area (Å²) in [6.45, 7) is 11.3. The summed E-state index contributed by atoms with van der Waals surface area (Å²) < 4.78 is 11.5. The van der Waals surface area contributed by atoms with Crippen LogP contribution >= 0.6 is 0 Å². The molecule has 0 N–H and O–H groups in total. The second-order valence-corrected chi connectivity index (χ2v) is 8.64. The molecule has 2 fully saturated rings. The Hall–Kier alpha value is -1.65. The van der Waals surface area contributed by atoms with Gasteiger partial charge in [-0.3, -0.25) is 14.4 Å². The van der Waals surface area contributed by atoms with Crippen molar-refractivity contribution in [3.63, 3.8) is 0 Å². The quantitative estimate of drug-likeness (QED) is 0.733. The molecule has 5 heteroatoms. The summed E-state index contributed by atoms with van der Waals surface area (Å²) in [7, 11) is 0. The van der Waals surface area contributed by atoms with Crippen molar-refractivity contribution in [3.05, 3.63) is 12.2 Å². The Kier molecular flexibility index (Phi) is 3.94. The van der Waals surface area contributed by atoms with Crippen molar-refractivity contribution < 1.29 is 23.9 Å². The molecule has 25 heavy (non-hydrogen) atoms. The van der Waals surface area contributed by atoms with E-state index in [9.17, 15) is 14.4 Å². The number of carbonyl (C=O) groups is 3. The van der Waals surface area contributed by atoms with E-state index in [4.69, 9.17) is 9.47 Å². The monoisotopic (exact) mass is 348 g/mol. The third kappa shape index (κ3) is 2.04. The molecule has 5 nitrogen and oxygen atoms in total. The predicted octanol–water partition coefficient (Wildman–Crippen LogP) is 3.07. The molecule has 1 spiro atoms. The van der Waals surface area contributed by atoms with Gasteiger partial charge in [0.15, 0.2) is 5.78 Å². The minimum Gasteiger partial charge on any atom is -0.462 e. The zero-order valence-electron chi connectivity index (χ0n) is 15.9. The van der Waals surface area contributed by atoms with Crippen molar-refractivity contribution in [2.75, 3.05) is 0 Å². The number of hydrogen-bond acceptors (Lipinski definition) is 5. The summed E-state index contributed by atoms with van der Waals surface area (Å²) >= 11 is 0. The van der Waals surface area contributed by atoms with Crippen molar-refractivity contribution in [1.82, 2.24) is 0 Å². The second-order valence-electron chi connectivity index (χ2n) is 8.64. The highest BCUT2D eigenvalue weighted by atomic mass is 16.6. The summed E-state index contributed by atoms with van der Waals surface area (Å²) in [6.07, 6.45) is 3.82. The highest BCUT2D eigenvalue weighted by molar-refractivity contribution is 6.00. The molecule has 0 aromatic rings. The van der Waals surface area contributed by atoms with Crippen LogP contribution in [-0.2, 0) is 23.9 Å². The van der Waals surface area contributed by atoms with Crippen LogP contribution in [0.1, 0.15) is 54.4 Å². The SMILES string of the molecule is CCC(=O)OC1C(C)(C)C2C(OC(C)=O)CC(C)C23C=CC(=O)C13C. The van der Waals surface area contributed by atoms with Crippen LogP contribution in [0.25, 0.3) is 0 Å². The van der Waals surface area contributed by atoms with Crippen LogP contribution in [0, 0.1) is 28.1 Å². The van der Waals surface area contributed by atoms with E-state index in [1.165, 1.54) is 6.92 Å². The smallest absolute Gasteiger partial charge is 0.305 e. The van der Waals surface area contributed by atoms with Gasteiger partial charge < -0.3 is 9.47 Å². The van der Waals surface area contributed by atoms with E-state index in [-0.39, 0.29) is 42.1 Å². The van der Waals surface area contributed by atoms with Gasteiger partial charge in [0.25, 0.3) is 0 Å². The van der Waals surface area contributed by atoms with Gasteiger partial charge in [0, 0.05) is 30.1 Å². The lowest BCUT2D eigenvalue weighted by Crippen LogP contribution is -2.49. The first-order chi connectivity index (χ1) is 11.5. The Morgan fingerprint density at radius 3 is 2.44 bits per heavy atom. The van der Waals surface area contributed by atoms with E-state index in [0.29, 0.717) is 0 Å². The number of ether oxygens (including phenoxy) is 2. The molecular formula is C20H28O5. The van der Waals surface area contributed by atoms with E-state index in [1.807, 2.05) is 26.8 Å². The average molecular weight is 348 g/mol. The molecule has 6 unspecified atom stereocenters. The van der Waals surface area contributed by atoms with E-state index < -0.39 is 22.3 Å². The van der Waals surface area contributed by atoms with Gasteiger partial charge in [-0.15, -0.1) is 0 Å². The van der Waals surface area contributed by atoms with Crippen molar-refractivity contribution in [2.45, 2.75) is 66.6 Å². The molecule has 0 aromatic heterocycles. The standard InChI is InChI=1S/C20H28O5/c1-7-15(23)25-17-18(4,5)16-13(24-12(3)21)10-11(2)20(16)9-8-14(22)19(17,20)6/h8-9,11,13,16-17H,7,10H2,1-6H3. The molecule has 3 aliphatic rings. The van der Waals surface area contributed by atoms with Gasteiger partial charge >= 0.3 is 11.9 Å². The lowest BCUT2D eigenvalue weighted by molar-refractivity contribution is -0.168. The van der Waals surface area contributed by atoms with E-state index >= 15 is 0 Å². The molecule has 2 saturated carbocycles. The van der Waals surface area contributed by atoms with Gasteiger partial charge in [0.2, 0.25) is 0 Å². The summed E-state index contributed by atoms with van der Waals surface area (Å²) in [6, 6.07) is 0. The van der Waals surface area contributed by atoms with E-state index in [2.05, 4.69) is 6.92 Å². The summed E-state index contributed by atoms with van der Waals surface area (Å²) in [4.78, 5) is 36.7. The highest BCUT2D eigenvalue weighted by Crippen LogP contribution is 2.75. The first kappa shape index (κ1) is 18.2. The third-order valence-electron chi connectivity index (χ3n) is 7.07. The number of ketones is 1. The van der Waals surface area contributed by atoms with Crippen LogP contribution in [0.2, 0.25) is 0 Å². The molecule has 0 aromatic carbocycles. The maximum Gasteiger partial charge on any atom is 0.305 e. The lowest BCUT2D eigenvalue weighted by atomic mass is 9.61. The number of carbonyl (C=O) groups excluding carboxylic acids is 3. The van der Waals surface area contributed by atoms with Crippen molar-refractivity contribution in [1.29, 1.82) is 0 Å². The van der Waals surface area contributed by atoms with Crippen LogP contribution in [0.5, 0.6) is 0 Å². The molecule has 6 atom stereocenters. The molecular weight excluding hydrogens is 320 g/mol. The average Bonchev–Trinajstić information content (AvgIpc) is 2.99. The minimum atomic E-state index is -0.819. The van der Waals surface area contributed by atoms with E-state index in [0.717, 1.165) is 6.42 Å². The summed E-state index contributed by atoms with van der Waals surface area (Å²) in [5, 5.41) is 0. The molecule has 0 radical (unpaired) electrons. The van der Waals surface area contributed by atoms with Crippen LogP contribution in [0.15, 0.2) is 12.2 Å². The van der Waals surface area contributed by atoms with Crippen LogP contribution < -0.4 is 0 Å². The Balaban J connectivity index is 2.16. The maximum atomic E-state index is 13.0. The summed E-state index contributed by atoms with van der Waals surface area (Å²) in [5.41, 5.74) is -1.75. The van der Waals surface area contributed by atoms with Gasteiger partial charge in [-0.25, -0.2) is 0 Å². The number of esters is 2. The second kappa shape index (κ2) is 5.42. The molecule has 0 aliphatic heterocycles. The third-order valence-corrected chi connectivity index (χ3v) is 7.07. The van der Waals surface area contributed by atoms with Crippen LogP contribution in [0.4, 0.5) is 0 Å². The first-order valence-corrected chi connectivity index (χ1v) is 9.13. The maximum absolute atomic E-state index is 13.0. The highest BCUT2D eigenvalue weighted by Gasteiger charge is 2.80. The van der Waals surface area contributed by atoms with Crippen molar-refractivity contribution >= 4 is 17.7 Å². The summed E-state index contributed by atoms with van der Waals surface area (Å²) in [5.74, 6) is -0.521. The lowest BCUT2D eigenvalue weighted by Gasteiger charge is -2.41. The zero-order chi connectivity index (χ0) is 18.8. The normalized spacial score (nSPS) is 43.7. The fourth-order valence-electron chi connectivity index (χ4n) is 6.34. The number of rotatable bonds is 3. The van der Waals surface area contributed by atoms with Crippen molar-refractivity contribution in [3.8, 4) is 0 Å². The fourth-order valence-corrected chi connectivity index (χ4v) is 6.34. The molecule has 0 amide bonds. The van der Waals surface area contributed by atoms with Gasteiger partial charge in [-0.1, -0.05) is 33.8 Å².